The van der Waals surface area contributed by atoms with Gasteiger partial charge in [-0.15, -0.1) is 0 Å². The van der Waals surface area contributed by atoms with Gasteiger partial charge < -0.3 is 91.1 Å². The van der Waals surface area contributed by atoms with Crippen LogP contribution in [-0.2, 0) is 14.2 Å². The van der Waals surface area contributed by atoms with Crippen LogP contribution in [0.3, 0.4) is 0 Å². The molecule has 566 valence electrons. The van der Waals surface area contributed by atoms with Crippen molar-refractivity contribution < 1.29 is 52.3 Å². The Morgan fingerprint density at radius 2 is 0.559 bits per heavy atom. The maximum absolute atomic E-state index is 12.2. The highest BCUT2D eigenvalue weighted by molar-refractivity contribution is 5.69. The van der Waals surface area contributed by atoms with E-state index in [9.17, 15) is 14.4 Å². The van der Waals surface area contributed by atoms with E-state index in [0.717, 1.165) is 119 Å². The summed E-state index contributed by atoms with van der Waals surface area (Å²) in [6.07, 6.45) is 27.8. The van der Waals surface area contributed by atoms with Gasteiger partial charge in [-0.3, -0.25) is 0 Å². The number of nitrogen functional groups attached to an aromatic ring is 5. The third kappa shape index (κ3) is 29.8. The van der Waals surface area contributed by atoms with Gasteiger partial charge in [0.25, 0.3) is 0 Å². The Morgan fingerprint density at radius 1 is 0.324 bits per heavy atom. The van der Waals surface area contributed by atoms with Crippen LogP contribution in [0.4, 0.5) is 43.5 Å². The molecule has 10 N–H and O–H groups in total. The number of carbonyl (C=O) groups is 3. The van der Waals surface area contributed by atoms with Gasteiger partial charge in [-0.25, -0.2) is 39.3 Å². The number of likely N-dealkylation sites (N-methyl/N-ethyl adjacent to an activating group) is 1. The van der Waals surface area contributed by atoms with Gasteiger partial charge in [0.1, 0.15) is 80.7 Å². The van der Waals surface area contributed by atoms with Crippen LogP contribution in [0.25, 0.3) is 0 Å². The van der Waals surface area contributed by atoms with E-state index in [-0.39, 0.29) is 54.7 Å². The first-order valence-electron chi connectivity index (χ1n) is 36.2. The van der Waals surface area contributed by atoms with Gasteiger partial charge in [0.2, 0.25) is 0 Å². The molecule has 0 aliphatic heterocycles. The molecular formula is C76H121N15O11. The normalized spacial score (nSPS) is 22.6. The molecule has 26 nitrogen and oxygen atoms in total. The van der Waals surface area contributed by atoms with Crippen molar-refractivity contribution >= 4 is 47.4 Å². The summed E-state index contributed by atoms with van der Waals surface area (Å²) in [6.45, 7) is 16.9. The molecule has 0 bridgehead atoms. The lowest BCUT2D eigenvalue weighted by Gasteiger charge is -2.35. The van der Waals surface area contributed by atoms with Gasteiger partial charge in [-0.2, -0.15) is 0 Å². The molecule has 2 atom stereocenters. The molecule has 5 aliphatic rings. The van der Waals surface area contributed by atoms with Crippen molar-refractivity contribution in [3.05, 3.63) is 91.6 Å². The van der Waals surface area contributed by atoms with Gasteiger partial charge in [-0.1, -0.05) is 0 Å². The molecule has 10 rings (SSSR count). The third-order valence-corrected chi connectivity index (χ3v) is 18.4. The molecule has 0 radical (unpaired) electrons. The van der Waals surface area contributed by atoms with Crippen molar-refractivity contribution in [2.24, 2.45) is 0 Å². The maximum Gasteiger partial charge on any atom is 0.410 e. The van der Waals surface area contributed by atoms with E-state index >= 15 is 0 Å². The van der Waals surface area contributed by atoms with Crippen molar-refractivity contribution in [1.29, 1.82) is 0 Å². The van der Waals surface area contributed by atoms with Crippen molar-refractivity contribution in [2.45, 2.75) is 262 Å². The fourth-order valence-corrected chi connectivity index (χ4v) is 12.6. The minimum atomic E-state index is -0.499. The first-order valence-corrected chi connectivity index (χ1v) is 36.2. The molecule has 0 aromatic carbocycles. The Kier molecular flexibility index (Phi) is 31.7. The topological polar surface area (TPSA) is 336 Å². The Bertz CT molecular complexity index is 3060. The summed E-state index contributed by atoms with van der Waals surface area (Å²) in [6, 6.07) is 19.8. The van der Waals surface area contributed by atoms with Crippen molar-refractivity contribution in [2.75, 3.05) is 78.0 Å². The predicted molar refractivity (Wildman–Crippen MR) is 401 cm³/mol. The standard InChI is InChI=1S/2C17H27N3O3.C16H25N3O3.2C13H21N3O/c2*1-17(2,3)23-16(21)20(4)12-5-7-13(8-6-12)22-14-9-10-15(18)19-11-14;1-16(2,3)22-15(20)19(4)12-6-5-7-13(12)21-11-8-9-14(17)18-10-11;2*1-16(2)10-3-5-11(6-4-10)17-12-7-8-13(14)15-9-12/h2*9-13H,5-8H2,1-4H3,(H2,18,19);8-10,12-13H,5-7H2,1-4H3,(H2,17,18);2*7-11H,3-6H2,1-2H3,(H2,14,15)/t;;12-,13-;;/m..1../s1. The van der Waals surface area contributed by atoms with E-state index in [2.05, 4.69) is 62.9 Å². The van der Waals surface area contributed by atoms with Gasteiger partial charge in [0, 0.05) is 45.3 Å². The second-order valence-electron chi connectivity index (χ2n) is 30.6. The van der Waals surface area contributed by atoms with Crippen LogP contribution in [-0.4, -0.2) is 195 Å². The molecule has 0 saturated heterocycles. The molecule has 0 spiro atoms. The lowest BCUT2D eigenvalue weighted by atomic mass is 9.92. The van der Waals surface area contributed by atoms with Gasteiger partial charge in [0.15, 0.2) is 0 Å². The lowest BCUT2D eigenvalue weighted by molar-refractivity contribution is 0.0112. The zero-order chi connectivity index (χ0) is 74.9. The van der Waals surface area contributed by atoms with E-state index in [4.69, 9.17) is 66.6 Å². The Hall–Kier alpha value is -8.52. The predicted octanol–water partition coefficient (Wildman–Crippen LogP) is 13.1. The molecule has 26 heteroatoms. The summed E-state index contributed by atoms with van der Waals surface area (Å²) in [5.74, 6) is 6.30. The van der Waals surface area contributed by atoms with Crippen LogP contribution in [0.1, 0.15) is 184 Å². The van der Waals surface area contributed by atoms with Crippen LogP contribution < -0.4 is 52.4 Å². The van der Waals surface area contributed by atoms with Crippen molar-refractivity contribution in [3.63, 3.8) is 0 Å². The SMILES string of the molecule is CN(C(=O)OC(C)(C)C)C1CCC(Oc2ccc(N)nc2)CC1.CN(C(=O)OC(C)(C)C)C1CCC(Oc2ccc(N)nc2)CC1.CN(C(=O)OC(C)(C)C)[C@@H]1CCC[C@H]1Oc1ccc(N)nc1.CN(C)C1CCC(Oc2ccc(N)nc2)CC1.CN(C)C1CCC(Oc2ccc(N)nc2)CC1. The lowest BCUT2D eigenvalue weighted by Crippen LogP contribution is -2.45. The molecular weight excluding hydrogens is 1300 g/mol. The summed E-state index contributed by atoms with van der Waals surface area (Å²) in [5, 5.41) is 0. The highest BCUT2D eigenvalue weighted by atomic mass is 16.6. The third-order valence-electron chi connectivity index (χ3n) is 18.4. The molecule has 5 heterocycles. The maximum atomic E-state index is 12.2. The first kappa shape index (κ1) is 82.4. The fraction of sp³-hybridized carbons (Fsp3) is 0.632. The molecule has 3 amide bonds. The molecule has 102 heavy (non-hydrogen) atoms. The summed E-state index contributed by atoms with van der Waals surface area (Å²) in [4.78, 5) is 66.3. The number of pyridine rings is 5. The number of hydrogen-bond donors (Lipinski definition) is 5. The summed E-state index contributed by atoms with van der Waals surface area (Å²) in [5.41, 5.74) is 26.4. The van der Waals surface area contributed by atoms with E-state index in [1.54, 1.807) is 89.1 Å². The van der Waals surface area contributed by atoms with E-state index in [1.807, 2.05) is 101 Å². The Balaban J connectivity index is 0.000000202. The van der Waals surface area contributed by atoms with Crippen LogP contribution >= 0.6 is 0 Å². The Morgan fingerprint density at radius 3 is 0.784 bits per heavy atom. The smallest absolute Gasteiger partial charge is 0.410 e. The van der Waals surface area contributed by atoms with E-state index in [1.165, 1.54) is 25.7 Å². The van der Waals surface area contributed by atoms with Gasteiger partial charge >= 0.3 is 18.3 Å². The molecule has 5 aliphatic carbocycles. The molecule has 5 saturated carbocycles. The zero-order valence-electron chi connectivity index (χ0n) is 63.7. The largest absolute Gasteiger partial charge is 0.489 e. The fourth-order valence-electron chi connectivity index (χ4n) is 12.6. The minimum Gasteiger partial charge on any atom is -0.489 e. The number of ether oxygens (including phenoxy) is 8. The van der Waals surface area contributed by atoms with Crippen molar-refractivity contribution in [3.8, 4) is 28.7 Å². The van der Waals surface area contributed by atoms with E-state index in [0.29, 0.717) is 59.1 Å². The van der Waals surface area contributed by atoms with Gasteiger partial charge in [-0.05, 0) is 273 Å². The summed E-state index contributed by atoms with van der Waals surface area (Å²) in [7, 11) is 14.0. The number of aromatic nitrogens is 5. The average molecular weight is 1420 g/mol. The summed E-state index contributed by atoms with van der Waals surface area (Å²) < 4.78 is 45.9. The van der Waals surface area contributed by atoms with Crippen molar-refractivity contribution in [1.82, 2.24) is 49.4 Å². The number of nitrogens with two attached hydrogens (primary N) is 5. The number of carbonyl (C=O) groups excluding carboxylic acids is 3. The van der Waals surface area contributed by atoms with E-state index < -0.39 is 16.8 Å². The average Bonchev–Trinajstić information content (AvgIpc) is 1.62. The van der Waals surface area contributed by atoms with Crippen LogP contribution in [0, 0.1) is 0 Å². The number of hydrogen-bond acceptors (Lipinski definition) is 23. The summed E-state index contributed by atoms with van der Waals surface area (Å²) >= 11 is 0. The number of rotatable bonds is 15. The number of anilines is 5. The zero-order valence-corrected chi connectivity index (χ0v) is 63.7. The molecule has 0 unspecified atom stereocenters. The van der Waals surface area contributed by atoms with Crippen LogP contribution in [0.5, 0.6) is 28.7 Å². The van der Waals surface area contributed by atoms with Crippen LogP contribution in [0.15, 0.2) is 91.6 Å². The monoisotopic (exact) mass is 1420 g/mol. The first-order chi connectivity index (χ1) is 48.0. The Labute approximate surface area is 606 Å². The highest BCUT2D eigenvalue weighted by Gasteiger charge is 2.37. The van der Waals surface area contributed by atoms with Gasteiger partial charge in [0.05, 0.1) is 61.4 Å². The quantitative estimate of drug-likeness (QED) is 0.0608. The molecule has 5 aromatic heterocycles. The minimum absolute atomic E-state index is 0.00685. The number of amides is 3. The van der Waals surface area contributed by atoms with Crippen LogP contribution in [0.2, 0.25) is 0 Å². The molecule has 5 fully saturated rings. The number of nitrogens with zero attached hydrogens (tertiary/aromatic N) is 10. The highest BCUT2D eigenvalue weighted by Crippen LogP contribution is 2.33. The molecule has 5 aromatic rings. The second kappa shape index (κ2) is 39.2. The second-order valence-corrected chi connectivity index (χ2v) is 30.6.